The molecule has 4 aliphatic rings. The van der Waals surface area contributed by atoms with Crippen LogP contribution < -0.4 is 42.5 Å². The number of rotatable bonds is 18. The number of nitrogens with one attached hydrogen (secondary N) is 8. The maximum atomic E-state index is 15.0. The minimum absolute atomic E-state index is 0.0212. The maximum absolute atomic E-state index is 15.0. The number of thioether (sulfide) groups is 1. The van der Waals surface area contributed by atoms with Crippen LogP contribution in [0, 0.1) is 5.41 Å². The van der Waals surface area contributed by atoms with Crippen LogP contribution in [0.4, 0.5) is 5.69 Å². The quantitative estimate of drug-likeness (QED) is 0.0606. The van der Waals surface area contributed by atoms with Crippen molar-refractivity contribution in [2.24, 2.45) is 5.41 Å². The Balaban J connectivity index is 0.978. The molecule has 4 aromatic carbocycles. The normalized spacial score (nSPS) is 21.0. The molecule has 8 rings (SSSR count). The molecule has 1 saturated heterocycles. The zero-order valence-corrected chi connectivity index (χ0v) is 49.8. The van der Waals surface area contributed by atoms with Gasteiger partial charge in [-0.05, 0) is 168 Å². The van der Waals surface area contributed by atoms with Crippen LogP contribution in [-0.4, -0.2) is 131 Å². The number of fused-ring (bicyclic) bond motifs is 3. The molecule has 82 heavy (non-hydrogen) atoms. The van der Waals surface area contributed by atoms with Gasteiger partial charge in [0.2, 0.25) is 35.4 Å². The van der Waals surface area contributed by atoms with E-state index in [1.165, 1.54) is 39.9 Å². The number of likely N-dealkylation sites (tertiary alicyclic amines) is 1. The topological polar surface area (TPSA) is 239 Å². The van der Waals surface area contributed by atoms with E-state index in [0.29, 0.717) is 5.69 Å². The van der Waals surface area contributed by atoms with Crippen molar-refractivity contribution < 1.29 is 38.4 Å². The highest BCUT2D eigenvalue weighted by Crippen LogP contribution is 2.36. The van der Waals surface area contributed by atoms with Gasteiger partial charge in [0.25, 0.3) is 11.8 Å². The van der Waals surface area contributed by atoms with E-state index < -0.39 is 76.1 Å². The van der Waals surface area contributed by atoms with Gasteiger partial charge in [-0.1, -0.05) is 75.4 Å². The molecule has 0 spiro atoms. The molecule has 9 atom stereocenters. The first-order chi connectivity index (χ1) is 39.0. The molecule has 18 nitrogen and oxygen atoms in total. The molecule has 2 aliphatic carbocycles. The third-order valence-corrected chi connectivity index (χ3v) is 18.3. The number of amides is 8. The van der Waals surface area contributed by atoms with Gasteiger partial charge in [-0.15, -0.1) is 0 Å². The Kier molecular flexibility index (Phi) is 19.3. The number of nitrogens with zero attached hydrogens (tertiary/aromatic N) is 2. The molecule has 0 saturated carbocycles. The Hall–Kier alpha value is -7.09. The minimum atomic E-state index is -0.990. The van der Waals surface area contributed by atoms with Crippen molar-refractivity contribution in [3.05, 3.63) is 136 Å². The lowest BCUT2D eigenvalue weighted by atomic mass is 9.85. The maximum Gasteiger partial charge on any atom is 0.255 e. The summed E-state index contributed by atoms with van der Waals surface area (Å²) in [5.41, 5.74) is 6.29. The highest BCUT2D eigenvalue weighted by molar-refractivity contribution is 8.00. The average molecular weight is 1140 g/mol. The molecule has 0 radical (unpaired) electrons. The summed E-state index contributed by atoms with van der Waals surface area (Å²) in [5.74, 6) is -3.07. The van der Waals surface area contributed by atoms with E-state index >= 15 is 4.79 Å². The predicted molar refractivity (Wildman–Crippen MR) is 319 cm³/mol. The van der Waals surface area contributed by atoms with Crippen molar-refractivity contribution in [2.45, 2.75) is 166 Å². The van der Waals surface area contributed by atoms with Gasteiger partial charge in [0.15, 0.2) is 0 Å². The Morgan fingerprint density at radius 2 is 1.10 bits per heavy atom. The number of aryl methyl sites for hydroxylation is 2. The Morgan fingerprint density at radius 1 is 0.585 bits per heavy atom. The number of carbonyl (C=O) groups is 8. The monoisotopic (exact) mass is 1140 g/mol. The highest BCUT2D eigenvalue weighted by Gasteiger charge is 2.47. The number of hydrogen-bond donors (Lipinski definition) is 8. The van der Waals surface area contributed by atoms with Gasteiger partial charge < -0.3 is 52.3 Å². The fourth-order valence-corrected chi connectivity index (χ4v) is 12.0. The highest BCUT2D eigenvalue weighted by atomic mass is 32.2. The van der Waals surface area contributed by atoms with Crippen LogP contribution in [0.15, 0.2) is 91.0 Å². The first kappa shape index (κ1) is 61.0. The summed E-state index contributed by atoms with van der Waals surface area (Å²) in [6.07, 6.45) is 7.37. The number of carbonyl (C=O) groups excluding carboxylic acids is 8. The Labute approximate surface area is 486 Å². The largest absolute Gasteiger partial charge is 0.347 e. The number of likely N-dealkylation sites (N-methyl/N-ethyl adjacent to an activating group) is 2. The smallest absolute Gasteiger partial charge is 0.255 e. The lowest BCUT2D eigenvalue weighted by Crippen LogP contribution is -2.63. The van der Waals surface area contributed by atoms with Gasteiger partial charge in [0.1, 0.15) is 24.2 Å². The molecular weight excluding hydrogens is 1060 g/mol. The second-order valence-electron chi connectivity index (χ2n) is 24.0. The van der Waals surface area contributed by atoms with Crippen LogP contribution in [0.5, 0.6) is 0 Å². The van der Waals surface area contributed by atoms with E-state index in [1.807, 2.05) is 83.3 Å². The molecular formula is C63H82N10O8S. The molecule has 0 bridgehead atoms. The third kappa shape index (κ3) is 13.9. The Bertz CT molecular complexity index is 3050. The van der Waals surface area contributed by atoms with Gasteiger partial charge in [0, 0.05) is 47.1 Å². The van der Waals surface area contributed by atoms with Gasteiger partial charge in [0.05, 0.1) is 24.2 Å². The van der Waals surface area contributed by atoms with Gasteiger partial charge in [-0.2, -0.15) is 11.8 Å². The summed E-state index contributed by atoms with van der Waals surface area (Å²) in [6, 6.07) is 21.7. The van der Waals surface area contributed by atoms with E-state index in [2.05, 4.69) is 54.7 Å². The van der Waals surface area contributed by atoms with Crippen molar-refractivity contribution >= 4 is 64.7 Å². The standard InChI is InChI=1S/C63H82N10O8S/c1-36(64-8)54(74)70-52(62(3,4)5)60(80)73-35-45(33-51(73)59(79)69-49-24-16-20-39-18-12-14-22-47(39)49)67-57(77)41-27-25-40(26-28-41)56(76)66-44-30-29-42-32-50(58(78)68-48-23-15-19-38-17-11-13-21-46(38)48)72(34-43(42)31-44)61(81)53(63(6,7)82-10)71-55(75)37(2)65-9/h11-14,17-18,21-22,25-31,36-37,45,48-53,64-65H,15-16,19-20,23-24,32-35H2,1-10H3,(H,66,76)(H,67,77)(H,68,78)(H,69,79)(H,70,74)(H,71,75)/t36-,37-,45-,48+,49+,50-,51-,52+,53?/m0/s1. The SMILES string of the molecule is CN[C@@H](C)C(=O)NC(C(=O)N1Cc2cc(NC(=O)c3ccc(C(=O)N[C@H]4C[C@@H](C(=O)N[C@@H]5CCCc6ccccc65)N(C(=O)[C@@H](NC(=O)[C@H](C)NC)C(C)(C)C)C4)cc3)ccc2C[C@H]1C(=O)N[C@@H]1CCCc2ccccc21)C(C)(C)SC. The zero-order chi connectivity index (χ0) is 59.2. The molecule has 0 aromatic heterocycles. The van der Waals surface area contributed by atoms with Crippen molar-refractivity contribution in [3.63, 3.8) is 0 Å². The van der Waals surface area contributed by atoms with Crippen LogP contribution in [0.1, 0.15) is 147 Å². The fourth-order valence-electron chi connectivity index (χ4n) is 11.6. The molecule has 19 heteroatoms. The first-order valence-corrected chi connectivity index (χ1v) is 30.0. The molecule has 438 valence electrons. The van der Waals surface area contributed by atoms with Gasteiger partial charge in [-0.3, -0.25) is 38.4 Å². The lowest BCUT2D eigenvalue weighted by Gasteiger charge is -2.42. The minimum Gasteiger partial charge on any atom is -0.347 e. The summed E-state index contributed by atoms with van der Waals surface area (Å²) in [5, 5.41) is 24.3. The Morgan fingerprint density at radius 3 is 1.63 bits per heavy atom. The van der Waals surface area contributed by atoms with Crippen LogP contribution in [0.25, 0.3) is 0 Å². The second kappa shape index (κ2) is 26.0. The van der Waals surface area contributed by atoms with E-state index in [4.69, 9.17) is 0 Å². The molecule has 4 aromatic rings. The zero-order valence-electron chi connectivity index (χ0n) is 49.0. The molecule has 2 heterocycles. The van der Waals surface area contributed by atoms with Crippen molar-refractivity contribution in [1.29, 1.82) is 0 Å². The molecule has 8 N–H and O–H groups in total. The average Bonchev–Trinajstić information content (AvgIpc) is 3.94. The predicted octanol–water partition coefficient (Wildman–Crippen LogP) is 5.65. The van der Waals surface area contributed by atoms with E-state index in [1.54, 1.807) is 57.1 Å². The molecule has 1 fully saturated rings. The van der Waals surface area contributed by atoms with E-state index in [9.17, 15) is 33.6 Å². The number of anilines is 1. The number of benzene rings is 4. The molecule has 1 unspecified atom stereocenters. The van der Waals surface area contributed by atoms with Gasteiger partial charge >= 0.3 is 0 Å². The summed E-state index contributed by atoms with van der Waals surface area (Å²) >= 11 is 1.44. The van der Waals surface area contributed by atoms with E-state index in [0.717, 1.165) is 60.8 Å². The second-order valence-corrected chi connectivity index (χ2v) is 25.5. The van der Waals surface area contributed by atoms with Crippen LogP contribution in [0.2, 0.25) is 0 Å². The van der Waals surface area contributed by atoms with Crippen molar-refractivity contribution in [1.82, 2.24) is 47.0 Å². The summed E-state index contributed by atoms with van der Waals surface area (Å²) < 4.78 is -0.764. The van der Waals surface area contributed by atoms with Crippen molar-refractivity contribution in [3.8, 4) is 0 Å². The summed E-state index contributed by atoms with van der Waals surface area (Å²) in [4.78, 5) is 116. The van der Waals surface area contributed by atoms with Crippen LogP contribution in [-0.2, 0) is 54.6 Å². The molecule has 8 amide bonds. The fraction of sp³-hybridized carbons (Fsp3) is 0.492. The van der Waals surface area contributed by atoms with Gasteiger partial charge in [-0.25, -0.2) is 0 Å². The van der Waals surface area contributed by atoms with Crippen LogP contribution in [0.3, 0.4) is 0 Å². The summed E-state index contributed by atoms with van der Waals surface area (Å²) in [7, 11) is 3.33. The third-order valence-electron chi connectivity index (χ3n) is 17.0. The molecule has 2 aliphatic heterocycles. The van der Waals surface area contributed by atoms with Crippen molar-refractivity contribution in [2.75, 3.05) is 32.2 Å². The first-order valence-electron chi connectivity index (χ1n) is 28.7. The van der Waals surface area contributed by atoms with Crippen LogP contribution >= 0.6 is 11.8 Å². The van der Waals surface area contributed by atoms with E-state index in [-0.39, 0.29) is 72.8 Å². The lowest BCUT2D eigenvalue weighted by molar-refractivity contribution is -0.145. The summed E-state index contributed by atoms with van der Waals surface area (Å²) in [6.45, 7) is 12.8. The number of hydrogen-bond acceptors (Lipinski definition) is 11.